The second-order valence-electron chi connectivity index (χ2n) is 5.31. The van der Waals surface area contributed by atoms with E-state index in [1.54, 1.807) is 24.3 Å². The third kappa shape index (κ3) is 3.17. The van der Waals surface area contributed by atoms with Crippen LogP contribution in [0.5, 0.6) is 5.75 Å². The van der Waals surface area contributed by atoms with Crippen LogP contribution < -0.4 is 4.74 Å². The van der Waals surface area contributed by atoms with Crippen LogP contribution in [0.4, 0.5) is 0 Å². The van der Waals surface area contributed by atoms with E-state index in [4.69, 9.17) is 4.74 Å². The molecule has 1 aliphatic heterocycles. The average molecular weight is 295 g/mol. The molecule has 0 atom stereocenters. The number of fused-ring (bicyclic) bond motifs is 1. The standard InChI is InChI=1S/C18H17NO3/c20-12-14-4-3-7-17(10-14)22-13-18(21)19-9-8-15-5-1-2-6-16(15)11-19/h1-7,10,12H,8-9,11,13H2. The zero-order chi connectivity index (χ0) is 15.4. The lowest BCUT2D eigenvalue weighted by Crippen LogP contribution is -2.38. The molecule has 0 aliphatic carbocycles. The van der Waals surface area contributed by atoms with Crippen LogP contribution in [-0.2, 0) is 17.8 Å². The Morgan fingerprint density at radius 1 is 1.14 bits per heavy atom. The Morgan fingerprint density at radius 3 is 2.77 bits per heavy atom. The molecule has 1 heterocycles. The maximum Gasteiger partial charge on any atom is 0.260 e. The van der Waals surface area contributed by atoms with E-state index in [1.165, 1.54) is 11.1 Å². The van der Waals surface area contributed by atoms with Crippen molar-refractivity contribution >= 4 is 12.2 Å². The van der Waals surface area contributed by atoms with Crippen LogP contribution in [0.2, 0.25) is 0 Å². The van der Waals surface area contributed by atoms with Gasteiger partial charge in [-0.1, -0.05) is 36.4 Å². The molecule has 4 heteroatoms. The third-order valence-electron chi connectivity index (χ3n) is 3.84. The topological polar surface area (TPSA) is 46.6 Å². The molecule has 0 saturated carbocycles. The van der Waals surface area contributed by atoms with Crippen LogP contribution in [0.1, 0.15) is 21.5 Å². The summed E-state index contributed by atoms with van der Waals surface area (Å²) in [5.74, 6) is 0.501. The SMILES string of the molecule is O=Cc1cccc(OCC(=O)N2CCc3ccccc3C2)c1. The molecule has 0 spiro atoms. The molecule has 112 valence electrons. The lowest BCUT2D eigenvalue weighted by Gasteiger charge is -2.28. The minimum atomic E-state index is -0.0361. The number of benzene rings is 2. The second-order valence-corrected chi connectivity index (χ2v) is 5.31. The summed E-state index contributed by atoms with van der Waals surface area (Å²) >= 11 is 0. The molecule has 0 fully saturated rings. The van der Waals surface area contributed by atoms with Crippen molar-refractivity contribution in [3.8, 4) is 5.75 Å². The fourth-order valence-corrected chi connectivity index (χ4v) is 2.62. The summed E-state index contributed by atoms with van der Waals surface area (Å²) in [6.07, 6.45) is 1.64. The highest BCUT2D eigenvalue weighted by Gasteiger charge is 2.20. The predicted molar refractivity (Wildman–Crippen MR) is 82.9 cm³/mol. The number of hydrogen-bond acceptors (Lipinski definition) is 3. The summed E-state index contributed by atoms with van der Waals surface area (Å²) in [6, 6.07) is 15.0. The molecule has 22 heavy (non-hydrogen) atoms. The number of rotatable bonds is 4. The number of nitrogens with zero attached hydrogens (tertiary/aromatic N) is 1. The zero-order valence-corrected chi connectivity index (χ0v) is 12.2. The molecule has 0 unspecified atom stereocenters. The summed E-state index contributed by atoms with van der Waals surface area (Å²) in [6.45, 7) is 1.34. The average Bonchev–Trinajstić information content (AvgIpc) is 2.59. The van der Waals surface area contributed by atoms with Gasteiger partial charge in [-0.05, 0) is 29.7 Å². The number of amides is 1. The Hall–Kier alpha value is -2.62. The lowest BCUT2D eigenvalue weighted by molar-refractivity contribution is -0.134. The molecule has 0 bridgehead atoms. The number of hydrogen-bond donors (Lipinski definition) is 0. The Kier molecular flexibility index (Phi) is 4.19. The molecular formula is C18H17NO3. The minimum absolute atomic E-state index is 0.00945. The van der Waals surface area contributed by atoms with Gasteiger partial charge in [0.25, 0.3) is 5.91 Å². The van der Waals surface area contributed by atoms with Gasteiger partial charge in [0.05, 0.1) is 0 Å². The van der Waals surface area contributed by atoms with Crippen molar-refractivity contribution in [3.63, 3.8) is 0 Å². The monoisotopic (exact) mass is 295 g/mol. The first-order valence-corrected chi connectivity index (χ1v) is 7.29. The molecule has 0 radical (unpaired) electrons. The van der Waals surface area contributed by atoms with E-state index in [2.05, 4.69) is 12.1 Å². The first-order chi connectivity index (χ1) is 10.8. The number of carbonyl (C=O) groups is 2. The molecule has 1 aliphatic rings. The van der Waals surface area contributed by atoms with Gasteiger partial charge in [0.2, 0.25) is 0 Å². The van der Waals surface area contributed by atoms with Gasteiger partial charge in [0.1, 0.15) is 12.0 Å². The molecule has 4 nitrogen and oxygen atoms in total. The molecule has 0 N–H and O–H groups in total. The van der Waals surface area contributed by atoms with Gasteiger partial charge in [-0.2, -0.15) is 0 Å². The maximum atomic E-state index is 12.3. The first kappa shape index (κ1) is 14.3. The van der Waals surface area contributed by atoms with Gasteiger partial charge >= 0.3 is 0 Å². The predicted octanol–water partition coefficient (Wildman–Crippen LogP) is 2.46. The maximum absolute atomic E-state index is 12.3. The Morgan fingerprint density at radius 2 is 1.95 bits per heavy atom. The largest absolute Gasteiger partial charge is 0.484 e. The van der Waals surface area contributed by atoms with E-state index >= 15 is 0 Å². The van der Waals surface area contributed by atoms with Crippen molar-refractivity contribution < 1.29 is 14.3 Å². The molecule has 2 aromatic rings. The van der Waals surface area contributed by atoms with Gasteiger partial charge in [-0.3, -0.25) is 9.59 Å². The van der Waals surface area contributed by atoms with Crippen LogP contribution in [0.15, 0.2) is 48.5 Å². The third-order valence-corrected chi connectivity index (χ3v) is 3.84. The van der Waals surface area contributed by atoms with Crippen LogP contribution >= 0.6 is 0 Å². The van der Waals surface area contributed by atoms with Crippen molar-refractivity contribution in [1.29, 1.82) is 0 Å². The normalized spacial score (nSPS) is 13.4. The number of aldehydes is 1. The van der Waals surface area contributed by atoms with E-state index in [9.17, 15) is 9.59 Å². The fourth-order valence-electron chi connectivity index (χ4n) is 2.62. The summed E-state index contributed by atoms with van der Waals surface area (Å²) < 4.78 is 5.50. The van der Waals surface area contributed by atoms with E-state index in [0.717, 1.165) is 12.7 Å². The zero-order valence-electron chi connectivity index (χ0n) is 12.2. The highest BCUT2D eigenvalue weighted by atomic mass is 16.5. The van der Waals surface area contributed by atoms with Crippen LogP contribution in [0.25, 0.3) is 0 Å². The van der Waals surface area contributed by atoms with E-state index < -0.39 is 0 Å². The van der Waals surface area contributed by atoms with Crippen molar-refractivity contribution in [2.75, 3.05) is 13.2 Å². The van der Waals surface area contributed by atoms with Gasteiger partial charge in [-0.15, -0.1) is 0 Å². The summed E-state index contributed by atoms with van der Waals surface area (Å²) in [4.78, 5) is 24.8. The molecule has 1 amide bonds. The van der Waals surface area contributed by atoms with E-state index in [0.29, 0.717) is 24.4 Å². The van der Waals surface area contributed by atoms with Gasteiger partial charge in [0.15, 0.2) is 6.61 Å². The van der Waals surface area contributed by atoms with Gasteiger partial charge in [0, 0.05) is 18.7 Å². The summed E-state index contributed by atoms with van der Waals surface area (Å²) in [7, 11) is 0. The first-order valence-electron chi connectivity index (χ1n) is 7.29. The van der Waals surface area contributed by atoms with Crippen LogP contribution in [-0.4, -0.2) is 30.2 Å². The molecule has 0 saturated heterocycles. The van der Waals surface area contributed by atoms with Crippen molar-refractivity contribution in [2.24, 2.45) is 0 Å². The molecule has 0 aromatic heterocycles. The quantitative estimate of drug-likeness (QED) is 0.814. The van der Waals surface area contributed by atoms with Crippen molar-refractivity contribution in [2.45, 2.75) is 13.0 Å². The highest BCUT2D eigenvalue weighted by molar-refractivity contribution is 5.78. The smallest absolute Gasteiger partial charge is 0.260 e. The number of ether oxygens (including phenoxy) is 1. The minimum Gasteiger partial charge on any atom is -0.484 e. The lowest BCUT2D eigenvalue weighted by atomic mass is 10.00. The van der Waals surface area contributed by atoms with Gasteiger partial charge < -0.3 is 9.64 Å². The summed E-state index contributed by atoms with van der Waals surface area (Å²) in [5, 5.41) is 0. The van der Waals surface area contributed by atoms with Crippen molar-refractivity contribution in [1.82, 2.24) is 4.90 Å². The Balaban J connectivity index is 1.60. The molecule has 3 rings (SSSR count). The van der Waals surface area contributed by atoms with Crippen LogP contribution in [0.3, 0.4) is 0 Å². The number of carbonyl (C=O) groups excluding carboxylic acids is 2. The Bertz CT molecular complexity index is 696. The Labute approximate surface area is 129 Å². The van der Waals surface area contributed by atoms with E-state index in [1.807, 2.05) is 17.0 Å². The second kappa shape index (κ2) is 6.43. The summed E-state index contributed by atoms with van der Waals surface area (Å²) in [5.41, 5.74) is 3.05. The van der Waals surface area contributed by atoms with E-state index in [-0.39, 0.29) is 12.5 Å². The molecule has 2 aromatic carbocycles. The van der Waals surface area contributed by atoms with Crippen molar-refractivity contribution in [3.05, 3.63) is 65.2 Å². The van der Waals surface area contributed by atoms with Crippen LogP contribution in [0, 0.1) is 0 Å². The highest BCUT2D eigenvalue weighted by Crippen LogP contribution is 2.19. The molecular weight excluding hydrogens is 278 g/mol. The van der Waals surface area contributed by atoms with Gasteiger partial charge in [-0.25, -0.2) is 0 Å². The fraction of sp³-hybridized carbons (Fsp3) is 0.222.